The van der Waals surface area contributed by atoms with Crippen LogP contribution in [-0.4, -0.2) is 23.6 Å². The fourth-order valence-electron chi connectivity index (χ4n) is 2.76. The van der Waals surface area contributed by atoms with Gasteiger partial charge in [-0.15, -0.1) is 0 Å². The molecule has 102 valence electrons. The number of carbonyl (C=O) groups excluding carboxylic acids is 1. The summed E-state index contributed by atoms with van der Waals surface area (Å²) in [7, 11) is 0. The van der Waals surface area contributed by atoms with Crippen LogP contribution in [0.3, 0.4) is 0 Å². The van der Waals surface area contributed by atoms with Crippen molar-refractivity contribution in [2.45, 2.75) is 48.9 Å². The van der Waals surface area contributed by atoms with Gasteiger partial charge in [-0.25, -0.2) is 0 Å². The zero-order chi connectivity index (χ0) is 13.1. The monoisotopic (exact) mass is 278 g/mol. The van der Waals surface area contributed by atoms with E-state index in [1.807, 2.05) is 30.3 Å². The highest BCUT2D eigenvalue weighted by Crippen LogP contribution is 2.40. The van der Waals surface area contributed by atoms with Crippen LogP contribution in [0.15, 0.2) is 35.2 Å². The Hall–Kier alpha value is -0.840. The molecule has 0 radical (unpaired) electrons. The molecule has 2 aliphatic rings. The highest BCUT2D eigenvalue weighted by Gasteiger charge is 2.44. The molecule has 0 bridgehead atoms. The number of rotatable bonds is 3. The van der Waals surface area contributed by atoms with E-state index in [0.29, 0.717) is 6.42 Å². The predicted octanol–water partition coefficient (Wildman–Crippen LogP) is 3.38. The van der Waals surface area contributed by atoms with Crippen molar-refractivity contribution in [3.63, 3.8) is 0 Å². The normalized spacial score (nSPS) is 30.0. The molecule has 1 spiro atoms. The molecule has 2 aliphatic heterocycles. The maximum atomic E-state index is 12.0. The smallest absolute Gasteiger partial charge is 0.196 e. The summed E-state index contributed by atoms with van der Waals surface area (Å²) < 4.78 is 11.7. The number of ether oxygens (including phenoxy) is 2. The lowest BCUT2D eigenvalue weighted by Gasteiger charge is -2.22. The SMILES string of the molecule is O=C(C[C@H]1CC[C@@]2(CCCO2)O1)Sc1ccccc1. The van der Waals surface area contributed by atoms with E-state index < -0.39 is 0 Å². The number of carbonyl (C=O) groups is 1. The van der Waals surface area contributed by atoms with Crippen LogP contribution in [0.1, 0.15) is 32.1 Å². The van der Waals surface area contributed by atoms with Gasteiger partial charge in [-0.2, -0.15) is 0 Å². The van der Waals surface area contributed by atoms with Crippen LogP contribution in [0.5, 0.6) is 0 Å². The third-order valence-corrected chi connectivity index (χ3v) is 4.57. The van der Waals surface area contributed by atoms with Gasteiger partial charge in [-0.1, -0.05) is 30.0 Å². The van der Waals surface area contributed by atoms with Gasteiger partial charge in [0.15, 0.2) is 10.9 Å². The van der Waals surface area contributed by atoms with Crippen LogP contribution < -0.4 is 0 Å². The van der Waals surface area contributed by atoms with Crippen molar-refractivity contribution in [3.05, 3.63) is 30.3 Å². The summed E-state index contributed by atoms with van der Waals surface area (Å²) in [6.07, 6.45) is 4.41. The fraction of sp³-hybridized carbons (Fsp3) is 0.533. The van der Waals surface area contributed by atoms with E-state index in [2.05, 4.69) is 0 Å². The van der Waals surface area contributed by atoms with Crippen molar-refractivity contribution >= 4 is 16.9 Å². The maximum Gasteiger partial charge on any atom is 0.196 e. The molecule has 19 heavy (non-hydrogen) atoms. The highest BCUT2D eigenvalue weighted by atomic mass is 32.2. The zero-order valence-electron chi connectivity index (χ0n) is 10.8. The summed E-state index contributed by atoms with van der Waals surface area (Å²) in [4.78, 5) is 13.0. The van der Waals surface area contributed by atoms with Crippen LogP contribution in [-0.2, 0) is 14.3 Å². The van der Waals surface area contributed by atoms with Crippen molar-refractivity contribution in [2.75, 3.05) is 6.61 Å². The maximum absolute atomic E-state index is 12.0. The molecule has 1 aromatic rings. The van der Waals surface area contributed by atoms with Crippen LogP contribution >= 0.6 is 11.8 Å². The van der Waals surface area contributed by atoms with Gasteiger partial charge in [-0.3, -0.25) is 4.79 Å². The molecule has 0 amide bonds. The lowest BCUT2D eigenvalue weighted by atomic mass is 10.1. The third-order valence-electron chi connectivity index (χ3n) is 3.67. The minimum absolute atomic E-state index is 0.0295. The Morgan fingerprint density at radius 3 is 2.89 bits per heavy atom. The zero-order valence-corrected chi connectivity index (χ0v) is 11.7. The molecule has 2 fully saturated rings. The molecule has 3 rings (SSSR count). The van der Waals surface area contributed by atoms with Crippen LogP contribution in [0.25, 0.3) is 0 Å². The Labute approximate surface area is 117 Å². The molecule has 0 unspecified atom stereocenters. The highest BCUT2D eigenvalue weighted by molar-refractivity contribution is 8.13. The third kappa shape index (κ3) is 3.19. The van der Waals surface area contributed by atoms with Gasteiger partial charge in [0.1, 0.15) is 0 Å². The number of hydrogen-bond acceptors (Lipinski definition) is 4. The molecule has 0 N–H and O–H groups in total. The summed E-state index contributed by atoms with van der Waals surface area (Å²) in [5.74, 6) is -0.359. The van der Waals surface area contributed by atoms with E-state index >= 15 is 0 Å². The van der Waals surface area contributed by atoms with Crippen LogP contribution in [0, 0.1) is 0 Å². The standard InChI is InChI=1S/C15H18O3S/c16-14(19-13-5-2-1-3-6-13)11-12-7-9-15(18-12)8-4-10-17-15/h1-3,5-6,12H,4,7-11H2/t12-,15-/m1/s1. The van der Waals surface area contributed by atoms with E-state index in [9.17, 15) is 4.79 Å². The average molecular weight is 278 g/mol. The summed E-state index contributed by atoms with van der Waals surface area (Å²) in [6.45, 7) is 0.791. The summed E-state index contributed by atoms with van der Waals surface area (Å²) >= 11 is 1.30. The second-order valence-electron chi connectivity index (χ2n) is 5.13. The Morgan fingerprint density at radius 1 is 1.32 bits per heavy atom. The fourth-order valence-corrected chi connectivity index (χ4v) is 3.58. The van der Waals surface area contributed by atoms with E-state index in [4.69, 9.17) is 9.47 Å². The molecule has 3 nitrogen and oxygen atoms in total. The van der Waals surface area contributed by atoms with E-state index in [-0.39, 0.29) is 17.0 Å². The second-order valence-corrected chi connectivity index (χ2v) is 6.26. The quantitative estimate of drug-likeness (QED) is 0.794. The Balaban J connectivity index is 1.51. The second kappa shape index (κ2) is 5.65. The molecular formula is C15H18O3S. The molecule has 2 atom stereocenters. The lowest BCUT2D eigenvalue weighted by molar-refractivity contribution is -0.198. The van der Waals surface area contributed by atoms with Gasteiger partial charge in [0.25, 0.3) is 0 Å². The van der Waals surface area contributed by atoms with E-state index in [1.54, 1.807) is 0 Å². The molecule has 2 heterocycles. The number of hydrogen-bond donors (Lipinski definition) is 0. The van der Waals surface area contributed by atoms with Crippen LogP contribution in [0.4, 0.5) is 0 Å². The first-order valence-corrected chi connectivity index (χ1v) is 7.65. The van der Waals surface area contributed by atoms with Crippen molar-refractivity contribution < 1.29 is 14.3 Å². The molecule has 0 aliphatic carbocycles. The Morgan fingerprint density at radius 2 is 2.16 bits per heavy atom. The summed E-state index contributed by atoms with van der Waals surface area (Å²) in [5, 5.41) is 0.172. The first-order chi connectivity index (χ1) is 9.26. The van der Waals surface area contributed by atoms with E-state index in [1.165, 1.54) is 11.8 Å². The minimum Gasteiger partial charge on any atom is -0.350 e. The molecule has 0 saturated carbocycles. The van der Waals surface area contributed by atoms with Gasteiger partial charge in [0, 0.05) is 24.2 Å². The van der Waals surface area contributed by atoms with Gasteiger partial charge in [0.05, 0.1) is 12.7 Å². The first kappa shape index (κ1) is 13.2. The summed E-state index contributed by atoms with van der Waals surface area (Å²) in [6, 6.07) is 9.77. The van der Waals surface area contributed by atoms with Crippen molar-refractivity contribution in [2.24, 2.45) is 0 Å². The van der Waals surface area contributed by atoms with Crippen molar-refractivity contribution in [1.29, 1.82) is 0 Å². The van der Waals surface area contributed by atoms with Crippen molar-refractivity contribution in [1.82, 2.24) is 0 Å². The minimum atomic E-state index is -0.359. The molecule has 0 aromatic heterocycles. The average Bonchev–Trinajstić information content (AvgIpc) is 3.02. The van der Waals surface area contributed by atoms with E-state index in [0.717, 1.165) is 37.2 Å². The largest absolute Gasteiger partial charge is 0.350 e. The van der Waals surface area contributed by atoms with Gasteiger partial charge >= 0.3 is 0 Å². The lowest BCUT2D eigenvalue weighted by Crippen LogP contribution is -2.28. The van der Waals surface area contributed by atoms with Gasteiger partial charge in [0.2, 0.25) is 0 Å². The summed E-state index contributed by atoms with van der Waals surface area (Å²) in [5.41, 5.74) is 0. The topological polar surface area (TPSA) is 35.5 Å². The predicted molar refractivity (Wildman–Crippen MR) is 73.9 cm³/mol. The molecule has 4 heteroatoms. The number of thioether (sulfide) groups is 1. The Bertz CT molecular complexity index is 440. The first-order valence-electron chi connectivity index (χ1n) is 6.83. The Kier molecular flexibility index (Phi) is 3.91. The van der Waals surface area contributed by atoms with Crippen molar-refractivity contribution in [3.8, 4) is 0 Å². The molecule has 2 saturated heterocycles. The number of benzene rings is 1. The van der Waals surface area contributed by atoms with Gasteiger partial charge in [-0.05, 0) is 25.0 Å². The molecule has 1 aromatic carbocycles. The van der Waals surface area contributed by atoms with Crippen LogP contribution in [0.2, 0.25) is 0 Å². The van der Waals surface area contributed by atoms with Gasteiger partial charge < -0.3 is 9.47 Å². The molecular weight excluding hydrogens is 260 g/mol.